The maximum atomic E-state index is 11.8. The van der Waals surface area contributed by atoms with Gasteiger partial charge in [-0.25, -0.2) is 0 Å². The van der Waals surface area contributed by atoms with Gasteiger partial charge in [0.1, 0.15) is 0 Å². The summed E-state index contributed by atoms with van der Waals surface area (Å²) in [6, 6.07) is 3.42. The van der Waals surface area contributed by atoms with Crippen molar-refractivity contribution >= 4 is 5.91 Å². The van der Waals surface area contributed by atoms with Crippen LogP contribution >= 0.6 is 0 Å². The summed E-state index contributed by atoms with van der Waals surface area (Å²) in [6.45, 7) is -1.25. The van der Waals surface area contributed by atoms with E-state index < -0.39 is 18.6 Å². The second-order valence-corrected chi connectivity index (χ2v) is 3.35. The number of hydrogen-bond acceptors (Lipinski definition) is 3. The van der Waals surface area contributed by atoms with Crippen LogP contribution < -0.4 is 10.6 Å². The number of pyridine rings is 1. The molecule has 0 aromatic carbocycles. The summed E-state index contributed by atoms with van der Waals surface area (Å²) in [5, 5.41) is 4.50. The summed E-state index contributed by atoms with van der Waals surface area (Å²) < 4.78 is 35.3. The van der Waals surface area contributed by atoms with Crippen molar-refractivity contribution in [3.8, 4) is 0 Å². The van der Waals surface area contributed by atoms with Crippen molar-refractivity contribution < 1.29 is 18.0 Å². The van der Waals surface area contributed by atoms with Crippen LogP contribution in [0.5, 0.6) is 0 Å². The smallest absolute Gasteiger partial charge is 0.351 e. The molecule has 0 aliphatic heterocycles. The number of hydrogen-bond donors (Lipinski definition) is 2. The first kappa shape index (κ1) is 13.4. The van der Waals surface area contributed by atoms with Crippen molar-refractivity contribution in [1.82, 2.24) is 15.6 Å². The van der Waals surface area contributed by atoms with Gasteiger partial charge in [0.25, 0.3) is 0 Å². The molecule has 94 valence electrons. The Kier molecular flexibility index (Phi) is 4.89. The SMILES string of the molecule is O=C(CNCC(F)(F)F)NCc1ccncc1. The molecule has 0 saturated carbocycles. The van der Waals surface area contributed by atoms with E-state index in [1.165, 1.54) is 0 Å². The molecule has 0 bridgehead atoms. The van der Waals surface area contributed by atoms with E-state index in [9.17, 15) is 18.0 Å². The standard InChI is InChI=1S/C10H12F3N3O/c11-10(12,13)7-15-6-9(17)16-5-8-1-3-14-4-2-8/h1-4,15H,5-7H2,(H,16,17). The molecule has 0 radical (unpaired) electrons. The van der Waals surface area contributed by atoms with E-state index in [0.717, 1.165) is 5.56 Å². The molecule has 7 heteroatoms. The normalized spacial score (nSPS) is 11.2. The molecule has 0 aliphatic carbocycles. The number of carbonyl (C=O) groups is 1. The molecule has 0 saturated heterocycles. The molecule has 0 fully saturated rings. The molecule has 0 unspecified atom stereocenters. The lowest BCUT2D eigenvalue weighted by molar-refractivity contribution is -0.128. The third-order valence-electron chi connectivity index (χ3n) is 1.85. The summed E-state index contributed by atoms with van der Waals surface area (Å²) in [6.07, 6.45) is -1.15. The number of nitrogens with one attached hydrogen (secondary N) is 2. The molecule has 2 N–H and O–H groups in total. The van der Waals surface area contributed by atoms with Crippen LogP contribution in [0.25, 0.3) is 0 Å². The van der Waals surface area contributed by atoms with Crippen LogP contribution in [-0.4, -0.2) is 30.2 Å². The molecule has 1 aromatic rings. The summed E-state index contributed by atoms with van der Waals surface area (Å²) in [4.78, 5) is 14.9. The van der Waals surface area contributed by atoms with Gasteiger partial charge in [-0.2, -0.15) is 13.2 Å². The Morgan fingerprint density at radius 1 is 1.29 bits per heavy atom. The number of aromatic nitrogens is 1. The summed E-state index contributed by atoms with van der Waals surface area (Å²) in [5.41, 5.74) is 0.837. The molecule has 0 aliphatic rings. The fourth-order valence-electron chi connectivity index (χ4n) is 1.08. The van der Waals surface area contributed by atoms with Gasteiger partial charge in [0.05, 0.1) is 13.1 Å². The molecule has 17 heavy (non-hydrogen) atoms. The highest BCUT2D eigenvalue weighted by molar-refractivity contribution is 5.77. The Labute approximate surface area is 96.2 Å². The fourth-order valence-corrected chi connectivity index (χ4v) is 1.08. The van der Waals surface area contributed by atoms with Crippen molar-refractivity contribution in [2.45, 2.75) is 12.7 Å². The Balaban J connectivity index is 2.18. The number of nitrogens with zero attached hydrogens (tertiary/aromatic N) is 1. The van der Waals surface area contributed by atoms with Gasteiger partial charge in [-0.3, -0.25) is 9.78 Å². The molecule has 1 aromatic heterocycles. The van der Waals surface area contributed by atoms with Crippen molar-refractivity contribution in [2.24, 2.45) is 0 Å². The van der Waals surface area contributed by atoms with E-state index in [2.05, 4.69) is 10.3 Å². The van der Waals surface area contributed by atoms with Gasteiger partial charge < -0.3 is 10.6 Å². The minimum Gasteiger partial charge on any atom is -0.351 e. The predicted molar refractivity (Wildman–Crippen MR) is 55.0 cm³/mol. The second-order valence-electron chi connectivity index (χ2n) is 3.35. The van der Waals surface area contributed by atoms with Crippen molar-refractivity contribution in [2.75, 3.05) is 13.1 Å². The number of rotatable bonds is 5. The van der Waals surface area contributed by atoms with Gasteiger partial charge in [-0.1, -0.05) is 0 Å². The van der Waals surface area contributed by atoms with E-state index in [1.54, 1.807) is 24.5 Å². The Morgan fingerprint density at radius 3 is 2.53 bits per heavy atom. The van der Waals surface area contributed by atoms with Crippen LogP contribution in [0.1, 0.15) is 5.56 Å². The summed E-state index contributed by atoms with van der Waals surface area (Å²) in [5.74, 6) is -0.480. The zero-order chi connectivity index (χ0) is 12.7. The van der Waals surface area contributed by atoms with E-state index >= 15 is 0 Å². The summed E-state index contributed by atoms with van der Waals surface area (Å²) in [7, 11) is 0. The quantitative estimate of drug-likeness (QED) is 0.811. The Morgan fingerprint density at radius 2 is 1.94 bits per heavy atom. The van der Waals surface area contributed by atoms with Gasteiger partial charge in [-0.05, 0) is 17.7 Å². The lowest BCUT2D eigenvalue weighted by Gasteiger charge is -2.08. The van der Waals surface area contributed by atoms with Gasteiger partial charge in [0, 0.05) is 18.9 Å². The monoisotopic (exact) mass is 247 g/mol. The van der Waals surface area contributed by atoms with Gasteiger partial charge >= 0.3 is 6.18 Å². The van der Waals surface area contributed by atoms with Gasteiger partial charge in [0.15, 0.2) is 0 Å². The average Bonchev–Trinajstić information content (AvgIpc) is 2.26. The minimum atomic E-state index is -4.30. The van der Waals surface area contributed by atoms with E-state index in [0.29, 0.717) is 0 Å². The maximum absolute atomic E-state index is 11.8. The van der Waals surface area contributed by atoms with E-state index in [4.69, 9.17) is 0 Å². The lowest BCUT2D eigenvalue weighted by Crippen LogP contribution is -2.37. The van der Waals surface area contributed by atoms with Crippen LogP contribution in [0, 0.1) is 0 Å². The number of alkyl halides is 3. The Bertz CT molecular complexity index is 354. The average molecular weight is 247 g/mol. The molecule has 1 rings (SSSR count). The van der Waals surface area contributed by atoms with Crippen LogP contribution in [-0.2, 0) is 11.3 Å². The van der Waals surface area contributed by atoms with Crippen LogP contribution in [0.3, 0.4) is 0 Å². The predicted octanol–water partition coefficient (Wildman–Crippen LogP) is 0.850. The van der Waals surface area contributed by atoms with Crippen molar-refractivity contribution in [1.29, 1.82) is 0 Å². The highest BCUT2D eigenvalue weighted by atomic mass is 19.4. The molecule has 0 atom stereocenters. The van der Waals surface area contributed by atoms with Crippen LogP contribution in [0.2, 0.25) is 0 Å². The zero-order valence-corrected chi connectivity index (χ0v) is 8.92. The van der Waals surface area contributed by atoms with E-state index in [1.807, 2.05) is 5.32 Å². The number of amides is 1. The summed E-state index contributed by atoms with van der Waals surface area (Å²) >= 11 is 0. The first-order valence-electron chi connectivity index (χ1n) is 4.90. The zero-order valence-electron chi connectivity index (χ0n) is 8.92. The highest BCUT2D eigenvalue weighted by Crippen LogP contribution is 2.11. The molecule has 1 heterocycles. The highest BCUT2D eigenvalue weighted by Gasteiger charge is 2.26. The lowest BCUT2D eigenvalue weighted by atomic mass is 10.3. The first-order chi connectivity index (χ1) is 7.97. The van der Waals surface area contributed by atoms with E-state index in [-0.39, 0.29) is 13.1 Å². The Hall–Kier alpha value is -1.63. The van der Waals surface area contributed by atoms with Crippen LogP contribution in [0.15, 0.2) is 24.5 Å². The fraction of sp³-hybridized carbons (Fsp3) is 0.400. The molecule has 1 amide bonds. The molecular formula is C10H12F3N3O. The van der Waals surface area contributed by atoms with Gasteiger partial charge in [0.2, 0.25) is 5.91 Å². The molecular weight excluding hydrogens is 235 g/mol. The largest absolute Gasteiger partial charge is 0.401 e. The molecule has 4 nitrogen and oxygen atoms in total. The third kappa shape index (κ3) is 6.52. The molecule has 0 spiro atoms. The third-order valence-corrected chi connectivity index (χ3v) is 1.85. The topological polar surface area (TPSA) is 54.0 Å². The second kappa shape index (κ2) is 6.19. The maximum Gasteiger partial charge on any atom is 0.401 e. The number of halogens is 3. The van der Waals surface area contributed by atoms with Crippen molar-refractivity contribution in [3.63, 3.8) is 0 Å². The van der Waals surface area contributed by atoms with Crippen molar-refractivity contribution in [3.05, 3.63) is 30.1 Å². The number of carbonyl (C=O) groups excluding carboxylic acids is 1. The minimum absolute atomic E-state index is 0.273. The van der Waals surface area contributed by atoms with Gasteiger partial charge in [-0.15, -0.1) is 0 Å². The van der Waals surface area contributed by atoms with Crippen LogP contribution in [0.4, 0.5) is 13.2 Å². The first-order valence-corrected chi connectivity index (χ1v) is 4.90.